The molecule has 2 atom stereocenters. The highest BCUT2D eigenvalue weighted by molar-refractivity contribution is 5.86. The molecule has 0 heterocycles. The summed E-state index contributed by atoms with van der Waals surface area (Å²) in [6, 6.07) is 15.6. The summed E-state index contributed by atoms with van der Waals surface area (Å²) in [6.45, 7) is 0.0194. The van der Waals surface area contributed by atoms with Crippen LogP contribution in [-0.4, -0.2) is 40.6 Å². The first-order valence-corrected chi connectivity index (χ1v) is 7.99. The van der Waals surface area contributed by atoms with Crippen molar-refractivity contribution < 1.29 is 29.7 Å². The molecule has 0 aliphatic rings. The lowest BCUT2D eigenvalue weighted by atomic mass is 10.0. The number of carbonyl (C=O) groups is 1. The summed E-state index contributed by atoms with van der Waals surface area (Å²) in [5.74, 6) is 0.267. The standard InChI is InChI=1S/C19H21NO6/c21-11-12-25-16-8-4-5-14(13-16)19(23)17(9-10-18(22)20-24)26-15-6-2-1-3-7-15/h1-10,13,17,19,21,23-24H,11-12H2,(H,20,22)/b10-9+/t17-,19-/m0/s1. The Balaban J connectivity index is 2.22. The van der Waals surface area contributed by atoms with Crippen LogP contribution in [0.5, 0.6) is 11.5 Å². The summed E-state index contributed by atoms with van der Waals surface area (Å²) >= 11 is 0. The number of hydroxylamine groups is 1. The second-order valence-electron chi connectivity index (χ2n) is 5.32. The molecule has 0 bridgehead atoms. The van der Waals surface area contributed by atoms with E-state index in [0.29, 0.717) is 17.1 Å². The minimum absolute atomic E-state index is 0.120. The molecule has 0 unspecified atom stereocenters. The molecule has 2 aromatic rings. The Morgan fingerprint density at radius 2 is 1.85 bits per heavy atom. The van der Waals surface area contributed by atoms with Crippen LogP contribution in [0.15, 0.2) is 66.7 Å². The number of hydrogen-bond donors (Lipinski definition) is 4. The third-order valence-electron chi connectivity index (χ3n) is 3.43. The van der Waals surface area contributed by atoms with Gasteiger partial charge in [-0.1, -0.05) is 30.3 Å². The van der Waals surface area contributed by atoms with Crippen LogP contribution in [0.25, 0.3) is 0 Å². The van der Waals surface area contributed by atoms with Crippen LogP contribution < -0.4 is 15.0 Å². The molecule has 26 heavy (non-hydrogen) atoms. The molecule has 2 aromatic carbocycles. The lowest BCUT2D eigenvalue weighted by Gasteiger charge is -2.22. The average molecular weight is 359 g/mol. The molecule has 4 N–H and O–H groups in total. The van der Waals surface area contributed by atoms with Crippen molar-refractivity contribution in [3.05, 3.63) is 72.3 Å². The van der Waals surface area contributed by atoms with E-state index in [1.54, 1.807) is 48.5 Å². The van der Waals surface area contributed by atoms with E-state index in [-0.39, 0.29) is 13.2 Å². The Morgan fingerprint density at radius 1 is 1.12 bits per heavy atom. The number of para-hydroxylation sites is 1. The molecule has 0 aromatic heterocycles. The maximum Gasteiger partial charge on any atom is 0.267 e. The molecule has 0 saturated heterocycles. The fraction of sp³-hybridized carbons (Fsp3) is 0.211. The van der Waals surface area contributed by atoms with Gasteiger partial charge in [-0.15, -0.1) is 0 Å². The Morgan fingerprint density at radius 3 is 2.54 bits per heavy atom. The van der Waals surface area contributed by atoms with Gasteiger partial charge in [0.2, 0.25) is 0 Å². The normalized spacial score (nSPS) is 13.2. The van der Waals surface area contributed by atoms with Gasteiger partial charge in [0.15, 0.2) is 0 Å². The number of benzene rings is 2. The summed E-state index contributed by atoms with van der Waals surface area (Å²) < 4.78 is 11.1. The second kappa shape index (κ2) is 10.2. The van der Waals surface area contributed by atoms with Gasteiger partial charge in [-0.2, -0.15) is 0 Å². The molecule has 0 aliphatic heterocycles. The minimum Gasteiger partial charge on any atom is -0.491 e. The van der Waals surface area contributed by atoms with E-state index in [1.807, 2.05) is 6.07 Å². The predicted molar refractivity (Wildman–Crippen MR) is 93.9 cm³/mol. The third kappa shape index (κ3) is 5.89. The van der Waals surface area contributed by atoms with Crippen molar-refractivity contribution in [1.29, 1.82) is 0 Å². The van der Waals surface area contributed by atoms with Gasteiger partial charge in [0.1, 0.15) is 30.3 Å². The zero-order chi connectivity index (χ0) is 18.8. The number of rotatable bonds is 9. The number of aliphatic hydroxyl groups excluding tert-OH is 2. The number of ether oxygens (including phenoxy) is 2. The average Bonchev–Trinajstić information content (AvgIpc) is 2.69. The quantitative estimate of drug-likeness (QED) is 0.308. The van der Waals surface area contributed by atoms with Crippen LogP contribution in [-0.2, 0) is 4.79 Å². The zero-order valence-electron chi connectivity index (χ0n) is 14.0. The van der Waals surface area contributed by atoms with Crippen molar-refractivity contribution in [2.45, 2.75) is 12.2 Å². The summed E-state index contributed by atoms with van der Waals surface area (Å²) in [7, 11) is 0. The molecule has 2 rings (SSSR count). The fourth-order valence-corrected chi connectivity index (χ4v) is 2.23. The van der Waals surface area contributed by atoms with Gasteiger partial charge in [-0.05, 0) is 35.9 Å². The number of aliphatic hydroxyl groups is 2. The van der Waals surface area contributed by atoms with Crippen molar-refractivity contribution in [2.24, 2.45) is 0 Å². The second-order valence-corrected chi connectivity index (χ2v) is 5.32. The topological polar surface area (TPSA) is 108 Å². The number of amides is 1. The Kier molecular flexibility index (Phi) is 7.63. The van der Waals surface area contributed by atoms with E-state index in [0.717, 1.165) is 6.08 Å². The van der Waals surface area contributed by atoms with E-state index < -0.39 is 18.1 Å². The largest absolute Gasteiger partial charge is 0.491 e. The molecule has 7 nitrogen and oxygen atoms in total. The van der Waals surface area contributed by atoms with Gasteiger partial charge in [-0.25, -0.2) is 5.48 Å². The first-order valence-electron chi connectivity index (χ1n) is 7.99. The Labute approximate surface area is 151 Å². The first kappa shape index (κ1) is 19.5. The molecule has 138 valence electrons. The van der Waals surface area contributed by atoms with Crippen LogP contribution in [0.1, 0.15) is 11.7 Å². The van der Waals surface area contributed by atoms with Gasteiger partial charge in [0.05, 0.1) is 6.61 Å². The van der Waals surface area contributed by atoms with E-state index in [2.05, 4.69) is 0 Å². The molecule has 0 radical (unpaired) electrons. The highest BCUT2D eigenvalue weighted by Gasteiger charge is 2.21. The Bertz CT molecular complexity index is 719. The van der Waals surface area contributed by atoms with Crippen LogP contribution in [0.3, 0.4) is 0 Å². The fourth-order valence-electron chi connectivity index (χ4n) is 2.23. The van der Waals surface area contributed by atoms with Gasteiger partial charge >= 0.3 is 0 Å². The molecule has 0 fully saturated rings. The minimum atomic E-state index is -1.10. The number of nitrogens with one attached hydrogen (secondary N) is 1. The van der Waals surface area contributed by atoms with Crippen LogP contribution in [0.2, 0.25) is 0 Å². The van der Waals surface area contributed by atoms with Crippen molar-refractivity contribution in [3.63, 3.8) is 0 Å². The molecule has 0 saturated carbocycles. The lowest BCUT2D eigenvalue weighted by molar-refractivity contribution is -0.124. The number of hydrogen-bond acceptors (Lipinski definition) is 6. The molecule has 0 spiro atoms. The summed E-state index contributed by atoms with van der Waals surface area (Å²) in [6.07, 6.45) is 0.436. The smallest absolute Gasteiger partial charge is 0.267 e. The molecular weight excluding hydrogens is 338 g/mol. The van der Waals surface area contributed by atoms with Gasteiger partial charge in [0, 0.05) is 6.08 Å². The maximum absolute atomic E-state index is 11.3. The van der Waals surface area contributed by atoms with Crippen LogP contribution in [0, 0.1) is 0 Å². The van der Waals surface area contributed by atoms with E-state index in [4.69, 9.17) is 19.8 Å². The highest BCUT2D eigenvalue weighted by atomic mass is 16.5. The van der Waals surface area contributed by atoms with Crippen molar-refractivity contribution in [3.8, 4) is 11.5 Å². The summed E-state index contributed by atoms with van der Waals surface area (Å²) in [5.41, 5.74) is 2.00. The molecule has 1 amide bonds. The van der Waals surface area contributed by atoms with Gasteiger partial charge < -0.3 is 19.7 Å². The maximum atomic E-state index is 11.3. The van der Waals surface area contributed by atoms with E-state index in [9.17, 15) is 9.90 Å². The third-order valence-corrected chi connectivity index (χ3v) is 3.43. The number of carbonyl (C=O) groups excluding carboxylic acids is 1. The van der Waals surface area contributed by atoms with Crippen molar-refractivity contribution in [2.75, 3.05) is 13.2 Å². The highest BCUT2D eigenvalue weighted by Crippen LogP contribution is 2.25. The zero-order valence-corrected chi connectivity index (χ0v) is 14.0. The van der Waals surface area contributed by atoms with Crippen molar-refractivity contribution in [1.82, 2.24) is 5.48 Å². The SMILES string of the molecule is O=C(/C=C/[C@H](Oc1ccccc1)[C@@H](O)c1cccc(OCCO)c1)NO. The van der Waals surface area contributed by atoms with E-state index in [1.165, 1.54) is 11.6 Å². The van der Waals surface area contributed by atoms with Crippen molar-refractivity contribution >= 4 is 5.91 Å². The first-order chi connectivity index (χ1) is 12.6. The van der Waals surface area contributed by atoms with Gasteiger partial charge in [-0.3, -0.25) is 10.0 Å². The van der Waals surface area contributed by atoms with Gasteiger partial charge in [0.25, 0.3) is 5.91 Å². The van der Waals surface area contributed by atoms with Crippen LogP contribution >= 0.6 is 0 Å². The summed E-state index contributed by atoms with van der Waals surface area (Å²) in [4.78, 5) is 11.3. The lowest BCUT2D eigenvalue weighted by Crippen LogP contribution is -2.24. The van der Waals surface area contributed by atoms with E-state index >= 15 is 0 Å². The molecule has 7 heteroatoms. The monoisotopic (exact) mass is 359 g/mol. The summed E-state index contributed by atoms with van der Waals surface area (Å²) in [5, 5.41) is 28.2. The predicted octanol–water partition coefficient (Wildman–Crippen LogP) is 1.60. The Hall–Kier alpha value is -2.87. The molecular formula is C19H21NO6. The molecule has 0 aliphatic carbocycles. The van der Waals surface area contributed by atoms with Crippen LogP contribution in [0.4, 0.5) is 0 Å².